The van der Waals surface area contributed by atoms with Gasteiger partial charge in [0.15, 0.2) is 23.0 Å². The maximum absolute atomic E-state index is 11.6. The van der Waals surface area contributed by atoms with Crippen molar-refractivity contribution in [2.75, 3.05) is 26.8 Å². The largest absolute Gasteiger partial charge is 0.735 e. The number of carbonyl (C=O) groups is 1. The van der Waals surface area contributed by atoms with E-state index in [1.165, 1.54) is 24.2 Å². The number of amides is 1. The van der Waals surface area contributed by atoms with Gasteiger partial charge in [0, 0.05) is 19.7 Å². The van der Waals surface area contributed by atoms with E-state index in [2.05, 4.69) is 10.4 Å². The second-order valence-electron chi connectivity index (χ2n) is 3.78. The molecule has 0 aliphatic heterocycles. The minimum absolute atomic E-state index is 0.0666. The van der Waals surface area contributed by atoms with Gasteiger partial charge in [0.2, 0.25) is 0 Å². The van der Waals surface area contributed by atoms with E-state index in [-0.39, 0.29) is 19.0 Å². The molecule has 0 bridgehead atoms. The van der Waals surface area contributed by atoms with Crippen molar-refractivity contribution in [2.45, 2.75) is 6.54 Å². The molecule has 0 atom stereocenters. The third kappa shape index (κ3) is 6.52. The Hall–Kier alpha value is -1.62. The fourth-order valence-electron chi connectivity index (χ4n) is 1.30. The summed E-state index contributed by atoms with van der Waals surface area (Å²) in [5.41, 5.74) is 0.377. The maximum Gasteiger partial charge on any atom is 0.253 e. The normalized spacial score (nSPS) is 11.3. The molecule has 1 aromatic heterocycles. The molecule has 0 fully saturated rings. The Morgan fingerprint density at radius 2 is 2.25 bits per heavy atom. The molecule has 112 valence electrons. The van der Waals surface area contributed by atoms with Gasteiger partial charge in [-0.1, -0.05) is 4.68 Å². The topological polar surface area (TPSA) is 124 Å². The zero-order valence-electron chi connectivity index (χ0n) is 10.9. The van der Waals surface area contributed by atoms with E-state index in [1.807, 2.05) is 0 Å². The van der Waals surface area contributed by atoms with Gasteiger partial charge in [-0.3, -0.25) is 4.79 Å². The van der Waals surface area contributed by atoms with Crippen molar-refractivity contribution in [3.05, 3.63) is 24.0 Å². The maximum atomic E-state index is 11.6. The lowest BCUT2D eigenvalue weighted by molar-refractivity contribution is -0.752. The lowest BCUT2D eigenvalue weighted by Crippen LogP contribution is -2.43. The molecule has 1 rings (SSSR count). The summed E-state index contributed by atoms with van der Waals surface area (Å²) in [4.78, 5) is 11.6. The molecule has 10 heteroatoms. The lowest BCUT2D eigenvalue weighted by atomic mass is 10.3. The van der Waals surface area contributed by atoms with Crippen molar-refractivity contribution in [1.29, 1.82) is 0 Å². The van der Waals surface area contributed by atoms with Crippen LogP contribution in [-0.4, -0.2) is 50.8 Å². The smallest absolute Gasteiger partial charge is 0.253 e. The third-order valence-corrected chi connectivity index (χ3v) is 2.80. The molecule has 0 aliphatic rings. The van der Waals surface area contributed by atoms with Crippen LogP contribution in [0.4, 0.5) is 0 Å². The molecular formula is C10H16N4O5S. The summed E-state index contributed by atoms with van der Waals surface area (Å²) in [6.45, 7) is 0.937. The van der Waals surface area contributed by atoms with E-state index in [0.717, 1.165) is 0 Å². The molecule has 1 amide bonds. The number of nitrogens with zero attached hydrogens (tertiary/aromatic N) is 2. The third-order valence-electron chi connectivity index (χ3n) is 2.24. The number of rotatable bonds is 8. The van der Waals surface area contributed by atoms with E-state index in [9.17, 15) is 17.8 Å². The zero-order chi connectivity index (χ0) is 15.0. The Bertz CT molecular complexity index is 531. The first-order chi connectivity index (χ1) is 9.42. The minimum Gasteiger partial charge on any atom is -0.735 e. The van der Waals surface area contributed by atoms with Crippen LogP contribution in [0.2, 0.25) is 0 Å². The van der Waals surface area contributed by atoms with E-state index in [0.29, 0.717) is 18.7 Å². The number of methoxy groups -OCH3 is 1. The van der Waals surface area contributed by atoms with Crippen LogP contribution in [0.3, 0.4) is 0 Å². The summed E-state index contributed by atoms with van der Waals surface area (Å²) in [5.74, 6) is -0.276. The van der Waals surface area contributed by atoms with Crippen LogP contribution >= 0.6 is 0 Å². The Morgan fingerprint density at radius 1 is 1.50 bits per heavy atom. The molecule has 0 aromatic carbocycles. The quantitative estimate of drug-likeness (QED) is 0.319. The average molecular weight is 304 g/mol. The first-order valence-electron chi connectivity index (χ1n) is 5.76. The number of hydrogen-bond donors (Lipinski definition) is 2. The van der Waals surface area contributed by atoms with Gasteiger partial charge in [0.05, 0.1) is 18.7 Å². The molecule has 20 heavy (non-hydrogen) atoms. The van der Waals surface area contributed by atoms with Crippen molar-refractivity contribution >= 4 is 16.2 Å². The summed E-state index contributed by atoms with van der Waals surface area (Å²) < 4.78 is 39.0. The Kier molecular flexibility index (Phi) is 6.45. The number of aromatic nitrogens is 2. The van der Waals surface area contributed by atoms with Gasteiger partial charge in [-0.15, -0.1) is 0 Å². The van der Waals surface area contributed by atoms with Gasteiger partial charge in [-0.05, 0) is 5.10 Å². The van der Waals surface area contributed by atoms with Gasteiger partial charge in [-0.25, -0.2) is 13.1 Å². The van der Waals surface area contributed by atoms with Crippen LogP contribution in [0, 0.1) is 0 Å². The number of ether oxygens (including phenoxy) is 1. The summed E-state index contributed by atoms with van der Waals surface area (Å²) in [6, 6.07) is 1.54. The van der Waals surface area contributed by atoms with Gasteiger partial charge < -0.3 is 14.6 Å². The first-order valence-corrected chi connectivity index (χ1v) is 7.16. The van der Waals surface area contributed by atoms with Crippen LogP contribution < -0.4 is 14.7 Å². The summed E-state index contributed by atoms with van der Waals surface area (Å²) in [5, 5.41) is 6.57. The summed E-state index contributed by atoms with van der Waals surface area (Å²) >= 11 is 0. The summed E-state index contributed by atoms with van der Waals surface area (Å²) in [7, 11) is -2.91. The van der Waals surface area contributed by atoms with Crippen molar-refractivity contribution < 1.29 is 27.2 Å². The van der Waals surface area contributed by atoms with Crippen LogP contribution in [0.1, 0.15) is 10.4 Å². The highest BCUT2D eigenvalue weighted by molar-refractivity contribution is 7.83. The van der Waals surface area contributed by atoms with Crippen LogP contribution in [0.25, 0.3) is 0 Å². The Balaban J connectivity index is 2.45. The highest BCUT2D eigenvalue weighted by Crippen LogP contribution is 1.92. The molecule has 0 unspecified atom stereocenters. The monoisotopic (exact) mass is 304 g/mol. The average Bonchev–Trinajstić information content (AvgIpc) is 2.38. The van der Waals surface area contributed by atoms with Crippen LogP contribution in [-0.2, 0) is 21.6 Å². The molecule has 1 aromatic rings. The summed E-state index contributed by atoms with van der Waals surface area (Å²) in [6.07, 6.45) is 2.87. The molecule has 0 saturated heterocycles. The molecule has 9 nitrogen and oxygen atoms in total. The van der Waals surface area contributed by atoms with E-state index in [1.54, 1.807) is 10.8 Å². The van der Waals surface area contributed by atoms with Crippen molar-refractivity contribution in [2.24, 2.45) is 0 Å². The lowest BCUT2D eigenvalue weighted by Gasteiger charge is -2.06. The fourth-order valence-corrected chi connectivity index (χ4v) is 1.65. The first kappa shape index (κ1) is 16.4. The predicted octanol–water partition coefficient (Wildman–Crippen LogP) is -2.20. The van der Waals surface area contributed by atoms with Crippen LogP contribution in [0.5, 0.6) is 0 Å². The van der Waals surface area contributed by atoms with Crippen molar-refractivity contribution in [1.82, 2.24) is 15.1 Å². The molecular weight excluding hydrogens is 288 g/mol. The van der Waals surface area contributed by atoms with Gasteiger partial charge in [-0.2, -0.15) is 0 Å². The van der Waals surface area contributed by atoms with Crippen LogP contribution in [0.15, 0.2) is 18.5 Å². The molecule has 0 radical (unpaired) electrons. The van der Waals surface area contributed by atoms with Crippen molar-refractivity contribution in [3.8, 4) is 0 Å². The zero-order valence-corrected chi connectivity index (χ0v) is 11.7. The minimum atomic E-state index is -4.45. The Labute approximate surface area is 116 Å². The highest BCUT2D eigenvalue weighted by Gasteiger charge is 2.09. The standard InChI is InChI=1S/C10H16N4O5S/c1-19-7-4-11-10(15)9-2-5-14(12-8-9)6-3-13-20(16,17)18/h2,5,8,13H,3-4,6-7H2,1H3,(H-,11,15,16,17,18). The van der Waals surface area contributed by atoms with E-state index >= 15 is 0 Å². The molecule has 1 heterocycles. The van der Waals surface area contributed by atoms with E-state index < -0.39 is 10.3 Å². The van der Waals surface area contributed by atoms with Gasteiger partial charge in [0.25, 0.3) is 5.91 Å². The number of carbonyl (C=O) groups excluding carboxylic acids is 1. The number of hydrogen-bond acceptors (Lipinski definition) is 6. The predicted molar refractivity (Wildman–Crippen MR) is 66.3 cm³/mol. The molecule has 0 spiro atoms. The number of nitrogens with one attached hydrogen (secondary N) is 2. The second-order valence-corrected chi connectivity index (χ2v) is 4.97. The second kappa shape index (κ2) is 7.85. The molecule has 0 aliphatic carbocycles. The highest BCUT2D eigenvalue weighted by atomic mass is 32.2. The SMILES string of the molecule is COCCNC(=O)c1cc[n+](CCNS(=O)(=O)[O-])nc1. The van der Waals surface area contributed by atoms with E-state index in [4.69, 9.17) is 4.74 Å². The molecule has 0 saturated carbocycles. The van der Waals surface area contributed by atoms with Crippen molar-refractivity contribution in [3.63, 3.8) is 0 Å². The van der Waals surface area contributed by atoms with Gasteiger partial charge >= 0.3 is 0 Å². The van der Waals surface area contributed by atoms with Gasteiger partial charge in [0.1, 0.15) is 6.20 Å². The molecule has 2 N–H and O–H groups in total. The Morgan fingerprint density at radius 3 is 2.80 bits per heavy atom. The fraction of sp³-hybridized carbons (Fsp3) is 0.500.